The molecule has 1 amide bonds. The number of aliphatic carboxylic acids is 1. The lowest BCUT2D eigenvalue weighted by Crippen LogP contribution is -2.36. The maximum atomic E-state index is 11.2. The number of aromatic nitrogens is 2. The van der Waals surface area contributed by atoms with Crippen LogP contribution >= 0.6 is 0 Å². The average Bonchev–Trinajstić information content (AvgIpc) is 2.84. The van der Waals surface area contributed by atoms with Crippen molar-refractivity contribution in [3.8, 4) is 0 Å². The lowest BCUT2D eigenvalue weighted by Gasteiger charge is -2.22. The minimum Gasteiger partial charge on any atom is -0.481 e. The van der Waals surface area contributed by atoms with Crippen LogP contribution in [0.15, 0.2) is 0 Å². The Kier molecular flexibility index (Phi) is 4.79. The van der Waals surface area contributed by atoms with E-state index in [1.165, 1.54) is 6.92 Å². The van der Waals surface area contributed by atoms with Crippen LogP contribution in [0.3, 0.4) is 0 Å². The monoisotopic (exact) mass is 307 g/mol. The summed E-state index contributed by atoms with van der Waals surface area (Å²) in [5.41, 5.74) is 7.24. The molecule has 0 radical (unpaired) electrons. The van der Waals surface area contributed by atoms with E-state index < -0.39 is 5.97 Å². The van der Waals surface area contributed by atoms with Crippen LogP contribution in [0.1, 0.15) is 31.0 Å². The standard InChI is InChI=1S/C14H21N5O3/c1-8-11(3-4-12(21)22)13(18-14(15)16-8)19-6-5-10(7-19)17-9(2)20/h10H,3-7H2,1-2H3,(H,17,20)(H,21,22)(H2,15,16,18)/t10-/m0/s1. The van der Waals surface area contributed by atoms with Crippen molar-refractivity contribution in [2.24, 2.45) is 0 Å². The lowest BCUT2D eigenvalue weighted by atomic mass is 10.1. The van der Waals surface area contributed by atoms with Crippen molar-refractivity contribution in [3.63, 3.8) is 0 Å². The summed E-state index contributed by atoms with van der Waals surface area (Å²) in [4.78, 5) is 32.4. The molecule has 0 aromatic carbocycles. The average molecular weight is 307 g/mol. The summed E-state index contributed by atoms with van der Waals surface area (Å²) in [6, 6.07) is 0.0707. The number of carboxylic acid groups (broad SMARTS) is 1. The molecule has 0 spiro atoms. The normalized spacial score (nSPS) is 17.5. The van der Waals surface area contributed by atoms with E-state index in [0.29, 0.717) is 24.5 Å². The number of carbonyl (C=O) groups excluding carboxylic acids is 1. The molecule has 0 aliphatic carbocycles. The van der Waals surface area contributed by atoms with Crippen molar-refractivity contribution >= 4 is 23.6 Å². The zero-order chi connectivity index (χ0) is 16.3. The molecule has 1 saturated heterocycles. The molecule has 4 N–H and O–H groups in total. The first-order valence-electron chi connectivity index (χ1n) is 7.23. The second-order valence-corrected chi connectivity index (χ2v) is 5.50. The third kappa shape index (κ3) is 3.84. The molecule has 1 aromatic rings. The van der Waals surface area contributed by atoms with Gasteiger partial charge in [0.1, 0.15) is 5.82 Å². The fourth-order valence-corrected chi connectivity index (χ4v) is 2.75. The minimum absolute atomic E-state index is 0.0179. The Labute approximate surface area is 128 Å². The maximum absolute atomic E-state index is 11.2. The van der Waals surface area contributed by atoms with Gasteiger partial charge in [-0.15, -0.1) is 0 Å². The fourth-order valence-electron chi connectivity index (χ4n) is 2.75. The summed E-state index contributed by atoms with van der Waals surface area (Å²) >= 11 is 0. The number of nitrogens with two attached hydrogens (primary N) is 1. The van der Waals surface area contributed by atoms with E-state index in [-0.39, 0.29) is 24.3 Å². The molecule has 1 atom stereocenters. The molecule has 2 rings (SSSR count). The van der Waals surface area contributed by atoms with Gasteiger partial charge in [0.25, 0.3) is 0 Å². The second kappa shape index (κ2) is 6.59. The number of amides is 1. The Bertz CT molecular complexity index is 590. The van der Waals surface area contributed by atoms with E-state index >= 15 is 0 Å². The topological polar surface area (TPSA) is 121 Å². The largest absolute Gasteiger partial charge is 0.481 e. The quantitative estimate of drug-likeness (QED) is 0.705. The van der Waals surface area contributed by atoms with Gasteiger partial charge in [0.15, 0.2) is 0 Å². The van der Waals surface area contributed by atoms with Crippen molar-refractivity contribution in [3.05, 3.63) is 11.3 Å². The van der Waals surface area contributed by atoms with E-state index in [4.69, 9.17) is 10.8 Å². The van der Waals surface area contributed by atoms with Gasteiger partial charge in [-0.3, -0.25) is 9.59 Å². The van der Waals surface area contributed by atoms with Gasteiger partial charge in [-0.05, 0) is 19.8 Å². The van der Waals surface area contributed by atoms with E-state index in [1.54, 1.807) is 6.92 Å². The number of hydrogen-bond donors (Lipinski definition) is 3. The number of nitrogen functional groups attached to an aromatic ring is 1. The predicted molar refractivity (Wildman–Crippen MR) is 81.6 cm³/mol. The number of carboxylic acids is 1. The second-order valence-electron chi connectivity index (χ2n) is 5.50. The Hall–Kier alpha value is -2.38. The molecular formula is C14H21N5O3. The molecule has 1 aliphatic heterocycles. The van der Waals surface area contributed by atoms with Gasteiger partial charge in [-0.1, -0.05) is 0 Å². The van der Waals surface area contributed by atoms with E-state index in [9.17, 15) is 9.59 Å². The third-order valence-electron chi connectivity index (χ3n) is 3.69. The predicted octanol–water partition coefficient (Wildman–Crippen LogP) is 0.0992. The number of nitrogens with zero attached hydrogens (tertiary/aromatic N) is 3. The molecule has 0 bridgehead atoms. The highest BCUT2D eigenvalue weighted by Gasteiger charge is 2.27. The van der Waals surface area contributed by atoms with Crippen LogP contribution in [0, 0.1) is 6.92 Å². The summed E-state index contributed by atoms with van der Waals surface area (Å²) in [5, 5.41) is 11.8. The maximum Gasteiger partial charge on any atom is 0.303 e. The Morgan fingerprint density at radius 2 is 2.18 bits per heavy atom. The molecule has 1 aromatic heterocycles. The van der Waals surface area contributed by atoms with Crippen LogP contribution < -0.4 is 16.0 Å². The Morgan fingerprint density at radius 3 is 2.82 bits per heavy atom. The zero-order valence-corrected chi connectivity index (χ0v) is 12.8. The molecular weight excluding hydrogens is 286 g/mol. The van der Waals surface area contributed by atoms with Gasteiger partial charge in [0.2, 0.25) is 11.9 Å². The van der Waals surface area contributed by atoms with Crippen LogP contribution in [-0.2, 0) is 16.0 Å². The van der Waals surface area contributed by atoms with E-state index in [1.807, 2.05) is 4.90 Å². The summed E-state index contributed by atoms with van der Waals surface area (Å²) in [6.45, 7) is 4.67. The van der Waals surface area contributed by atoms with Gasteiger partial charge in [0, 0.05) is 43.7 Å². The number of anilines is 2. The summed E-state index contributed by atoms with van der Waals surface area (Å²) in [5.74, 6) is -0.0651. The van der Waals surface area contributed by atoms with Crippen LogP contribution in [-0.4, -0.2) is 46.1 Å². The molecule has 22 heavy (non-hydrogen) atoms. The van der Waals surface area contributed by atoms with Crippen LogP contribution in [0.5, 0.6) is 0 Å². The number of aryl methyl sites for hydroxylation is 1. The van der Waals surface area contributed by atoms with Gasteiger partial charge in [-0.25, -0.2) is 4.98 Å². The van der Waals surface area contributed by atoms with Crippen LogP contribution in [0.2, 0.25) is 0 Å². The highest BCUT2D eigenvalue weighted by Crippen LogP contribution is 2.26. The smallest absolute Gasteiger partial charge is 0.303 e. The Balaban J connectivity index is 2.22. The summed E-state index contributed by atoms with van der Waals surface area (Å²) in [6.07, 6.45) is 1.20. The van der Waals surface area contributed by atoms with Crippen LogP contribution in [0.25, 0.3) is 0 Å². The highest BCUT2D eigenvalue weighted by atomic mass is 16.4. The van der Waals surface area contributed by atoms with Crippen molar-refractivity contribution < 1.29 is 14.7 Å². The first kappa shape index (κ1) is 16.0. The molecule has 120 valence electrons. The minimum atomic E-state index is -0.861. The molecule has 0 saturated carbocycles. The molecule has 1 fully saturated rings. The number of carbonyl (C=O) groups is 2. The first-order valence-corrected chi connectivity index (χ1v) is 7.23. The van der Waals surface area contributed by atoms with Crippen LogP contribution in [0.4, 0.5) is 11.8 Å². The number of nitrogens with one attached hydrogen (secondary N) is 1. The third-order valence-corrected chi connectivity index (χ3v) is 3.69. The van der Waals surface area contributed by atoms with Crippen molar-refractivity contribution in [1.29, 1.82) is 0 Å². The van der Waals surface area contributed by atoms with E-state index in [0.717, 1.165) is 18.5 Å². The van der Waals surface area contributed by atoms with Gasteiger partial charge in [-0.2, -0.15) is 4.98 Å². The molecule has 0 unspecified atom stereocenters. The summed E-state index contributed by atoms with van der Waals surface area (Å²) < 4.78 is 0. The van der Waals surface area contributed by atoms with Gasteiger partial charge < -0.3 is 21.1 Å². The van der Waals surface area contributed by atoms with E-state index in [2.05, 4.69) is 15.3 Å². The summed E-state index contributed by atoms with van der Waals surface area (Å²) in [7, 11) is 0. The number of hydrogen-bond acceptors (Lipinski definition) is 6. The lowest BCUT2D eigenvalue weighted by molar-refractivity contribution is -0.137. The SMILES string of the molecule is CC(=O)N[C@H]1CCN(c2nc(N)nc(C)c2CCC(=O)O)C1. The molecule has 1 aliphatic rings. The highest BCUT2D eigenvalue weighted by molar-refractivity contribution is 5.73. The van der Waals surface area contributed by atoms with Crippen molar-refractivity contribution in [2.75, 3.05) is 23.7 Å². The molecule has 8 heteroatoms. The zero-order valence-electron chi connectivity index (χ0n) is 12.8. The Morgan fingerprint density at radius 1 is 1.45 bits per heavy atom. The first-order chi connectivity index (χ1) is 10.4. The van der Waals surface area contributed by atoms with Gasteiger partial charge >= 0.3 is 5.97 Å². The van der Waals surface area contributed by atoms with Crippen molar-refractivity contribution in [1.82, 2.24) is 15.3 Å². The van der Waals surface area contributed by atoms with Gasteiger partial charge in [0.05, 0.1) is 0 Å². The molecule has 2 heterocycles. The van der Waals surface area contributed by atoms with Crippen molar-refractivity contribution in [2.45, 2.75) is 39.2 Å². The molecule has 8 nitrogen and oxygen atoms in total. The fraction of sp³-hybridized carbons (Fsp3) is 0.571. The number of rotatable bonds is 5.